The smallest absolute Gasteiger partial charge is 0.360 e. The Kier molecular flexibility index (Phi) is 3.82. The van der Waals surface area contributed by atoms with Gasteiger partial charge in [-0.15, -0.1) is 5.10 Å². The molecular weight excluding hydrogens is 248 g/mol. The van der Waals surface area contributed by atoms with Crippen molar-refractivity contribution in [3.63, 3.8) is 0 Å². The van der Waals surface area contributed by atoms with Crippen LogP contribution in [0, 0.1) is 0 Å². The Morgan fingerprint density at radius 3 is 2.63 bits per heavy atom. The lowest BCUT2D eigenvalue weighted by Crippen LogP contribution is -2.27. The summed E-state index contributed by atoms with van der Waals surface area (Å²) < 4.78 is 6.48. The minimum Gasteiger partial charge on any atom is -0.461 e. The number of amides is 1. The molecule has 7 nitrogen and oxygen atoms in total. The van der Waals surface area contributed by atoms with Gasteiger partial charge in [-0.2, -0.15) is 0 Å². The second kappa shape index (κ2) is 5.38. The molecule has 1 saturated carbocycles. The van der Waals surface area contributed by atoms with Crippen molar-refractivity contribution in [3.05, 3.63) is 11.4 Å². The standard InChI is InChI=1S/C12H18N4O3/c1-4-19-12(18)10-11(8-5-6-8)16(14-13-10)7-9(17)15(2)3/h8H,4-7H2,1-3H3. The highest BCUT2D eigenvalue weighted by Gasteiger charge is 2.34. The number of esters is 1. The summed E-state index contributed by atoms with van der Waals surface area (Å²) in [6.07, 6.45) is 1.99. The van der Waals surface area contributed by atoms with Gasteiger partial charge in [-0.05, 0) is 19.8 Å². The molecule has 1 aromatic rings. The van der Waals surface area contributed by atoms with E-state index >= 15 is 0 Å². The lowest BCUT2D eigenvalue weighted by Gasteiger charge is -2.11. The fourth-order valence-corrected chi connectivity index (χ4v) is 1.81. The molecule has 0 unspecified atom stereocenters. The maximum absolute atomic E-state index is 11.8. The Balaban J connectivity index is 2.24. The number of hydrogen-bond donors (Lipinski definition) is 0. The van der Waals surface area contributed by atoms with Gasteiger partial charge in [0.2, 0.25) is 5.91 Å². The van der Waals surface area contributed by atoms with E-state index in [4.69, 9.17) is 4.74 Å². The molecule has 0 atom stereocenters. The number of carbonyl (C=O) groups is 2. The maximum Gasteiger partial charge on any atom is 0.360 e. The molecule has 1 aliphatic rings. The fraction of sp³-hybridized carbons (Fsp3) is 0.667. The summed E-state index contributed by atoms with van der Waals surface area (Å²) in [5.74, 6) is -0.278. The lowest BCUT2D eigenvalue weighted by atomic mass is 10.2. The van der Waals surface area contributed by atoms with Gasteiger partial charge in [-0.3, -0.25) is 4.79 Å². The number of ether oxygens (including phenoxy) is 1. The Labute approximate surface area is 111 Å². The summed E-state index contributed by atoms with van der Waals surface area (Å²) in [7, 11) is 3.37. The number of rotatable bonds is 5. The van der Waals surface area contributed by atoms with E-state index in [1.54, 1.807) is 21.0 Å². The third-order valence-electron chi connectivity index (χ3n) is 2.99. The van der Waals surface area contributed by atoms with Crippen molar-refractivity contribution >= 4 is 11.9 Å². The summed E-state index contributed by atoms with van der Waals surface area (Å²) in [5, 5.41) is 7.80. The Bertz CT molecular complexity index is 491. The van der Waals surface area contributed by atoms with Crippen LogP contribution in [0.15, 0.2) is 0 Å². The van der Waals surface area contributed by atoms with Crippen molar-refractivity contribution in [1.29, 1.82) is 0 Å². The minimum absolute atomic E-state index is 0.0813. The normalized spacial score (nSPS) is 14.3. The SMILES string of the molecule is CCOC(=O)c1nnn(CC(=O)N(C)C)c1C1CC1. The van der Waals surface area contributed by atoms with Crippen molar-refractivity contribution < 1.29 is 14.3 Å². The van der Waals surface area contributed by atoms with Gasteiger partial charge in [0.25, 0.3) is 0 Å². The third-order valence-corrected chi connectivity index (χ3v) is 2.99. The molecule has 0 aromatic carbocycles. The maximum atomic E-state index is 11.8. The Morgan fingerprint density at radius 1 is 1.42 bits per heavy atom. The van der Waals surface area contributed by atoms with Gasteiger partial charge < -0.3 is 9.64 Å². The van der Waals surface area contributed by atoms with Crippen molar-refractivity contribution in [2.75, 3.05) is 20.7 Å². The van der Waals surface area contributed by atoms with Crippen LogP contribution in [0.1, 0.15) is 41.9 Å². The monoisotopic (exact) mass is 266 g/mol. The molecule has 0 saturated heterocycles. The fourth-order valence-electron chi connectivity index (χ4n) is 1.81. The average molecular weight is 266 g/mol. The highest BCUT2D eigenvalue weighted by molar-refractivity contribution is 5.88. The predicted octanol–water partition coefficient (Wildman–Crippen LogP) is 0.420. The summed E-state index contributed by atoms with van der Waals surface area (Å²) in [4.78, 5) is 25.0. The zero-order valence-electron chi connectivity index (χ0n) is 11.4. The van der Waals surface area contributed by atoms with Crippen molar-refractivity contribution in [3.8, 4) is 0 Å². The molecule has 0 N–H and O–H groups in total. The van der Waals surface area contributed by atoms with Crippen LogP contribution in [0.3, 0.4) is 0 Å². The van der Waals surface area contributed by atoms with Gasteiger partial charge in [0.15, 0.2) is 5.69 Å². The van der Waals surface area contributed by atoms with Gasteiger partial charge in [-0.1, -0.05) is 5.21 Å². The molecule has 1 amide bonds. The largest absolute Gasteiger partial charge is 0.461 e. The molecule has 19 heavy (non-hydrogen) atoms. The summed E-state index contributed by atoms with van der Waals surface area (Å²) in [6, 6.07) is 0. The second-order valence-corrected chi connectivity index (χ2v) is 4.76. The van der Waals surface area contributed by atoms with E-state index in [-0.39, 0.29) is 24.1 Å². The number of hydrogen-bond acceptors (Lipinski definition) is 5. The molecule has 0 spiro atoms. The molecular formula is C12H18N4O3. The molecule has 1 heterocycles. The van der Waals surface area contributed by atoms with Crippen LogP contribution in [0.25, 0.3) is 0 Å². The van der Waals surface area contributed by atoms with Crippen LogP contribution < -0.4 is 0 Å². The number of nitrogens with zero attached hydrogens (tertiary/aromatic N) is 4. The zero-order chi connectivity index (χ0) is 14.0. The molecule has 7 heteroatoms. The number of aromatic nitrogens is 3. The summed E-state index contributed by atoms with van der Waals surface area (Å²) >= 11 is 0. The minimum atomic E-state index is -0.465. The molecule has 0 radical (unpaired) electrons. The lowest BCUT2D eigenvalue weighted by molar-refractivity contribution is -0.129. The van der Waals surface area contributed by atoms with Crippen LogP contribution in [-0.2, 0) is 16.1 Å². The molecule has 0 bridgehead atoms. The van der Waals surface area contributed by atoms with E-state index < -0.39 is 5.97 Å². The first kappa shape index (κ1) is 13.5. The predicted molar refractivity (Wildman–Crippen MR) is 66.6 cm³/mol. The number of carbonyl (C=O) groups excluding carboxylic acids is 2. The van der Waals surface area contributed by atoms with Gasteiger partial charge in [0.05, 0.1) is 12.3 Å². The van der Waals surface area contributed by atoms with Gasteiger partial charge >= 0.3 is 5.97 Å². The average Bonchev–Trinajstić information content (AvgIpc) is 3.11. The zero-order valence-corrected chi connectivity index (χ0v) is 11.4. The van der Waals surface area contributed by atoms with Crippen LogP contribution in [0.2, 0.25) is 0 Å². The first-order valence-corrected chi connectivity index (χ1v) is 6.35. The topological polar surface area (TPSA) is 77.3 Å². The van der Waals surface area contributed by atoms with E-state index in [1.165, 1.54) is 9.58 Å². The quantitative estimate of drug-likeness (QED) is 0.722. The van der Waals surface area contributed by atoms with Crippen molar-refractivity contribution in [2.24, 2.45) is 0 Å². The highest BCUT2D eigenvalue weighted by atomic mass is 16.5. The Morgan fingerprint density at radius 2 is 2.11 bits per heavy atom. The van der Waals surface area contributed by atoms with Crippen LogP contribution >= 0.6 is 0 Å². The molecule has 1 aromatic heterocycles. The second-order valence-electron chi connectivity index (χ2n) is 4.76. The first-order chi connectivity index (χ1) is 9.04. The van der Waals surface area contributed by atoms with E-state index in [0.29, 0.717) is 6.61 Å². The summed E-state index contributed by atoms with van der Waals surface area (Å²) in [5.41, 5.74) is 0.976. The molecule has 104 valence electrons. The van der Waals surface area contributed by atoms with Gasteiger partial charge in [-0.25, -0.2) is 9.48 Å². The summed E-state index contributed by atoms with van der Waals surface area (Å²) in [6.45, 7) is 2.15. The van der Waals surface area contributed by atoms with Crippen LogP contribution in [-0.4, -0.2) is 52.5 Å². The van der Waals surface area contributed by atoms with E-state index in [1.807, 2.05) is 0 Å². The first-order valence-electron chi connectivity index (χ1n) is 6.35. The molecule has 1 aliphatic carbocycles. The molecule has 1 fully saturated rings. The van der Waals surface area contributed by atoms with Crippen LogP contribution in [0.4, 0.5) is 0 Å². The van der Waals surface area contributed by atoms with Gasteiger partial charge in [0.1, 0.15) is 6.54 Å². The van der Waals surface area contributed by atoms with Crippen molar-refractivity contribution in [1.82, 2.24) is 19.9 Å². The van der Waals surface area contributed by atoms with Crippen LogP contribution in [0.5, 0.6) is 0 Å². The highest BCUT2D eigenvalue weighted by Crippen LogP contribution is 2.41. The molecule has 0 aliphatic heterocycles. The van der Waals surface area contributed by atoms with E-state index in [9.17, 15) is 9.59 Å². The number of likely N-dealkylation sites (N-methyl/N-ethyl adjacent to an activating group) is 1. The van der Waals surface area contributed by atoms with E-state index in [2.05, 4.69) is 10.3 Å². The van der Waals surface area contributed by atoms with Crippen molar-refractivity contribution in [2.45, 2.75) is 32.2 Å². The molecule has 2 rings (SSSR count). The van der Waals surface area contributed by atoms with E-state index in [0.717, 1.165) is 18.5 Å². The van der Waals surface area contributed by atoms with Gasteiger partial charge in [0, 0.05) is 20.0 Å². The Hall–Kier alpha value is -1.92. The third kappa shape index (κ3) is 2.91.